The second-order valence-corrected chi connectivity index (χ2v) is 8.32. The number of carbonyl (C=O) groups is 1. The summed E-state index contributed by atoms with van der Waals surface area (Å²) in [5.41, 5.74) is 0.258. The quantitative estimate of drug-likeness (QED) is 0.782. The summed E-state index contributed by atoms with van der Waals surface area (Å²) in [5, 5.41) is 0.181. The molecule has 0 radical (unpaired) electrons. The highest BCUT2D eigenvalue weighted by Crippen LogP contribution is 2.29. The van der Waals surface area contributed by atoms with E-state index in [-0.39, 0.29) is 33.5 Å². The molecule has 1 amide bonds. The third kappa shape index (κ3) is 3.52. The first-order valence-electron chi connectivity index (χ1n) is 6.82. The van der Waals surface area contributed by atoms with Crippen LogP contribution in [0.25, 0.3) is 0 Å². The van der Waals surface area contributed by atoms with Crippen molar-refractivity contribution in [3.63, 3.8) is 0 Å². The van der Waals surface area contributed by atoms with Gasteiger partial charge in [0.1, 0.15) is 0 Å². The zero-order valence-corrected chi connectivity index (χ0v) is 14.2. The lowest BCUT2D eigenvalue weighted by molar-refractivity contribution is 0.0676. The fourth-order valence-corrected chi connectivity index (χ4v) is 3.92. The van der Waals surface area contributed by atoms with Crippen LogP contribution in [0.15, 0.2) is 23.1 Å². The number of benzene rings is 1. The second-order valence-electron chi connectivity index (χ2n) is 5.31. The van der Waals surface area contributed by atoms with Crippen molar-refractivity contribution in [2.24, 2.45) is 0 Å². The lowest BCUT2D eigenvalue weighted by Gasteiger charge is -2.28. The normalized spacial score (nSPS) is 22.6. The molecule has 21 heavy (non-hydrogen) atoms. The molecule has 1 saturated heterocycles. The van der Waals surface area contributed by atoms with Gasteiger partial charge in [-0.25, -0.2) is 8.42 Å². The fraction of sp³-hybridized carbons (Fsp3) is 0.500. The highest BCUT2D eigenvalue weighted by molar-refractivity contribution is 8.13. The lowest BCUT2D eigenvalue weighted by atomic mass is 10.1. The van der Waals surface area contributed by atoms with Crippen LogP contribution in [0.5, 0.6) is 0 Å². The van der Waals surface area contributed by atoms with Crippen molar-refractivity contribution < 1.29 is 13.2 Å². The topological polar surface area (TPSA) is 54.5 Å². The molecule has 0 aromatic heterocycles. The Bertz CT molecular complexity index is 660. The summed E-state index contributed by atoms with van der Waals surface area (Å²) >= 11 is 5.92. The van der Waals surface area contributed by atoms with Gasteiger partial charge >= 0.3 is 0 Å². The summed E-state index contributed by atoms with van der Waals surface area (Å²) in [5.74, 6) is -0.198. The number of nitrogens with zero attached hydrogens (tertiary/aromatic N) is 1. The van der Waals surface area contributed by atoms with Gasteiger partial charge in [-0.2, -0.15) is 0 Å². The minimum Gasteiger partial charge on any atom is -0.333 e. The summed E-state index contributed by atoms with van der Waals surface area (Å²) in [6, 6.07) is 4.33. The highest BCUT2D eigenvalue weighted by atomic mass is 35.7. The van der Waals surface area contributed by atoms with E-state index < -0.39 is 9.05 Å². The van der Waals surface area contributed by atoms with Crippen LogP contribution in [0.4, 0.5) is 0 Å². The molecule has 1 aliphatic rings. The van der Waals surface area contributed by atoms with Crippen LogP contribution >= 0.6 is 22.3 Å². The van der Waals surface area contributed by atoms with Crippen molar-refractivity contribution in [2.75, 3.05) is 0 Å². The van der Waals surface area contributed by atoms with Crippen LogP contribution in [-0.4, -0.2) is 31.3 Å². The average molecular weight is 350 g/mol. The monoisotopic (exact) mass is 349 g/mol. The predicted octanol–water partition coefficient (Wildman–Crippen LogP) is 3.67. The largest absolute Gasteiger partial charge is 0.333 e. The number of hydrogen-bond donors (Lipinski definition) is 0. The van der Waals surface area contributed by atoms with Crippen molar-refractivity contribution in [2.45, 2.75) is 50.1 Å². The van der Waals surface area contributed by atoms with Gasteiger partial charge in [-0.05, 0) is 44.4 Å². The molecule has 0 N–H and O–H groups in total. The summed E-state index contributed by atoms with van der Waals surface area (Å²) in [6.07, 6.45) is 2.79. The molecule has 1 aromatic carbocycles. The van der Waals surface area contributed by atoms with Crippen LogP contribution < -0.4 is 0 Å². The number of hydrogen-bond acceptors (Lipinski definition) is 3. The summed E-state index contributed by atoms with van der Waals surface area (Å²) in [6.45, 7) is 4.03. The molecule has 116 valence electrons. The number of likely N-dealkylation sites (tertiary alicyclic amines) is 1. The molecule has 2 rings (SSSR count). The molecule has 1 heterocycles. The minimum atomic E-state index is -3.92. The standard InChI is InChI=1S/C14H17Cl2NO3S/c1-3-12-5-4-9(2)17(12)14(18)10-6-11(15)8-13(7-10)21(16,19)20/h6-9,12H,3-5H2,1-2H3. The zero-order chi connectivity index (χ0) is 15.8. The van der Waals surface area contributed by atoms with Crippen LogP contribution in [-0.2, 0) is 9.05 Å². The van der Waals surface area contributed by atoms with Gasteiger partial charge in [-0.1, -0.05) is 18.5 Å². The van der Waals surface area contributed by atoms with E-state index in [0.29, 0.717) is 0 Å². The molecule has 4 nitrogen and oxygen atoms in total. The van der Waals surface area contributed by atoms with Gasteiger partial charge in [0.2, 0.25) is 0 Å². The summed E-state index contributed by atoms with van der Waals surface area (Å²) in [7, 11) is 1.42. The van der Waals surface area contributed by atoms with Crippen LogP contribution in [0.2, 0.25) is 5.02 Å². The first-order chi connectivity index (χ1) is 9.74. The number of amides is 1. The molecule has 0 bridgehead atoms. The van der Waals surface area contributed by atoms with E-state index >= 15 is 0 Å². The van der Waals surface area contributed by atoms with Crippen molar-refractivity contribution >= 4 is 37.2 Å². The Balaban J connectivity index is 2.42. The van der Waals surface area contributed by atoms with Gasteiger partial charge in [0.25, 0.3) is 15.0 Å². The zero-order valence-electron chi connectivity index (χ0n) is 11.8. The summed E-state index contributed by atoms with van der Waals surface area (Å²) < 4.78 is 22.9. The van der Waals surface area contributed by atoms with Crippen molar-refractivity contribution in [3.05, 3.63) is 28.8 Å². The number of rotatable bonds is 3. The lowest BCUT2D eigenvalue weighted by Crippen LogP contribution is -2.39. The van der Waals surface area contributed by atoms with Gasteiger partial charge in [0, 0.05) is 33.4 Å². The molecular weight excluding hydrogens is 333 g/mol. The SMILES string of the molecule is CCC1CCC(C)N1C(=O)c1cc(Cl)cc(S(=O)(=O)Cl)c1. The maximum absolute atomic E-state index is 12.7. The molecule has 0 aliphatic carbocycles. The fourth-order valence-electron chi connectivity index (χ4n) is 2.81. The number of halogens is 2. The van der Waals surface area contributed by atoms with Gasteiger partial charge in [-0.3, -0.25) is 4.79 Å². The van der Waals surface area contributed by atoms with E-state index in [2.05, 4.69) is 0 Å². The molecule has 7 heteroatoms. The Kier molecular flexibility index (Phi) is 4.85. The molecule has 2 unspecified atom stereocenters. The van der Waals surface area contributed by atoms with Crippen LogP contribution in [0.3, 0.4) is 0 Å². The van der Waals surface area contributed by atoms with Crippen molar-refractivity contribution in [1.82, 2.24) is 4.90 Å². The predicted molar refractivity (Wildman–Crippen MR) is 83.4 cm³/mol. The van der Waals surface area contributed by atoms with E-state index in [1.807, 2.05) is 18.7 Å². The van der Waals surface area contributed by atoms with Gasteiger partial charge in [0.05, 0.1) is 4.90 Å². The Labute approximate surface area is 134 Å². The smallest absolute Gasteiger partial charge is 0.261 e. The van der Waals surface area contributed by atoms with Gasteiger partial charge in [-0.15, -0.1) is 0 Å². The Morgan fingerprint density at radius 3 is 2.57 bits per heavy atom. The third-order valence-electron chi connectivity index (χ3n) is 3.89. The van der Waals surface area contributed by atoms with Crippen LogP contribution in [0.1, 0.15) is 43.5 Å². The van der Waals surface area contributed by atoms with E-state index in [4.69, 9.17) is 22.3 Å². The Morgan fingerprint density at radius 1 is 1.33 bits per heavy atom. The molecule has 1 aromatic rings. The van der Waals surface area contributed by atoms with Crippen molar-refractivity contribution in [1.29, 1.82) is 0 Å². The molecule has 0 spiro atoms. The Morgan fingerprint density at radius 2 is 2.00 bits per heavy atom. The van der Waals surface area contributed by atoms with E-state index in [9.17, 15) is 13.2 Å². The average Bonchev–Trinajstić information content (AvgIpc) is 2.77. The van der Waals surface area contributed by atoms with Gasteiger partial charge in [0.15, 0.2) is 0 Å². The molecule has 1 aliphatic heterocycles. The number of carbonyl (C=O) groups excluding carboxylic acids is 1. The molecular formula is C14H17Cl2NO3S. The van der Waals surface area contributed by atoms with Gasteiger partial charge < -0.3 is 4.90 Å². The van der Waals surface area contributed by atoms with E-state index in [0.717, 1.165) is 19.3 Å². The maximum atomic E-state index is 12.7. The minimum absolute atomic E-state index is 0.137. The maximum Gasteiger partial charge on any atom is 0.261 e. The second kappa shape index (κ2) is 6.15. The third-order valence-corrected chi connectivity index (χ3v) is 5.44. The van der Waals surface area contributed by atoms with E-state index in [1.165, 1.54) is 18.2 Å². The molecule has 1 fully saturated rings. The first-order valence-corrected chi connectivity index (χ1v) is 9.50. The first kappa shape index (κ1) is 16.6. The molecule has 2 atom stereocenters. The van der Waals surface area contributed by atoms with Crippen LogP contribution in [0, 0.1) is 0 Å². The Hall–Kier alpha value is -0.780. The highest BCUT2D eigenvalue weighted by Gasteiger charge is 2.34. The summed E-state index contributed by atoms with van der Waals surface area (Å²) in [4.78, 5) is 14.4. The van der Waals surface area contributed by atoms with Crippen molar-refractivity contribution in [3.8, 4) is 0 Å². The molecule has 0 saturated carbocycles. The van der Waals surface area contributed by atoms with E-state index in [1.54, 1.807) is 0 Å².